The summed E-state index contributed by atoms with van der Waals surface area (Å²) in [6.45, 7) is 6.43. The van der Waals surface area contributed by atoms with E-state index in [2.05, 4.69) is 19.9 Å². The van der Waals surface area contributed by atoms with E-state index < -0.39 is 0 Å². The zero-order valence-electron chi connectivity index (χ0n) is 14.6. The van der Waals surface area contributed by atoms with E-state index in [1.807, 2.05) is 12.3 Å². The fourth-order valence-corrected chi connectivity index (χ4v) is 4.12. The van der Waals surface area contributed by atoms with Gasteiger partial charge in [0.05, 0.1) is 17.6 Å². The summed E-state index contributed by atoms with van der Waals surface area (Å²) in [7, 11) is 0. The minimum atomic E-state index is -0.357. The molecular formula is C17H19N5O3S. The van der Waals surface area contributed by atoms with Crippen molar-refractivity contribution >= 4 is 33.5 Å². The van der Waals surface area contributed by atoms with Gasteiger partial charge >= 0.3 is 0 Å². The number of fused-ring (bicyclic) bond motifs is 1. The molecule has 3 aromatic heterocycles. The van der Waals surface area contributed by atoms with Crippen molar-refractivity contribution in [3.05, 3.63) is 39.1 Å². The van der Waals surface area contributed by atoms with Crippen LogP contribution in [0.1, 0.15) is 28.2 Å². The zero-order chi connectivity index (χ0) is 18.3. The second kappa shape index (κ2) is 6.56. The lowest BCUT2D eigenvalue weighted by molar-refractivity contribution is 0.0767. The number of aromatic nitrogens is 3. The van der Waals surface area contributed by atoms with Crippen LogP contribution in [0.2, 0.25) is 0 Å². The third-order valence-corrected chi connectivity index (χ3v) is 5.56. The Kier molecular flexibility index (Phi) is 4.23. The Morgan fingerprint density at radius 3 is 2.88 bits per heavy atom. The van der Waals surface area contributed by atoms with Crippen molar-refractivity contribution in [2.24, 2.45) is 0 Å². The van der Waals surface area contributed by atoms with Gasteiger partial charge in [-0.2, -0.15) is 0 Å². The quantitative estimate of drug-likeness (QED) is 0.738. The molecule has 1 amide bonds. The third-order valence-electron chi connectivity index (χ3n) is 4.54. The van der Waals surface area contributed by atoms with Crippen molar-refractivity contribution in [1.82, 2.24) is 19.9 Å². The van der Waals surface area contributed by atoms with Crippen LogP contribution in [0, 0.1) is 13.8 Å². The first-order valence-corrected chi connectivity index (χ1v) is 9.35. The molecule has 0 bridgehead atoms. The first kappa shape index (κ1) is 16.8. The number of hydrogen-bond acceptors (Lipinski definition) is 7. The molecule has 9 heteroatoms. The molecule has 8 nitrogen and oxygen atoms in total. The van der Waals surface area contributed by atoms with Gasteiger partial charge in [-0.15, -0.1) is 11.3 Å². The van der Waals surface area contributed by atoms with Gasteiger partial charge in [0.2, 0.25) is 5.71 Å². The van der Waals surface area contributed by atoms with Crippen LogP contribution in [-0.2, 0) is 0 Å². The maximum atomic E-state index is 13.1. The van der Waals surface area contributed by atoms with Gasteiger partial charge in [-0.05, 0) is 20.3 Å². The second-order valence-corrected chi connectivity index (χ2v) is 7.19. The monoisotopic (exact) mass is 373 g/mol. The third kappa shape index (κ3) is 2.88. The number of thiazole rings is 1. The molecule has 136 valence electrons. The number of nitrogens with one attached hydrogen (secondary N) is 1. The van der Waals surface area contributed by atoms with Crippen LogP contribution in [0.15, 0.2) is 20.9 Å². The van der Waals surface area contributed by atoms with E-state index in [-0.39, 0.29) is 22.6 Å². The molecule has 0 aliphatic carbocycles. The van der Waals surface area contributed by atoms with E-state index >= 15 is 0 Å². The number of anilines is 1. The molecule has 0 radical (unpaired) electrons. The molecule has 1 aliphatic heterocycles. The number of nitrogens with zero attached hydrogens (tertiary/aromatic N) is 4. The second-order valence-electron chi connectivity index (χ2n) is 6.35. The normalized spacial score (nSPS) is 15.5. The molecule has 4 rings (SSSR count). The number of H-pyrrole nitrogens is 1. The molecule has 1 saturated heterocycles. The highest BCUT2D eigenvalue weighted by atomic mass is 32.1. The lowest BCUT2D eigenvalue weighted by Gasteiger charge is -2.21. The summed E-state index contributed by atoms with van der Waals surface area (Å²) in [5.74, 6) is 0.239. The lowest BCUT2D eigenvalue weighted by Crippen LogP contribution is -2.35. The summed E-state index contributed by atoms with van der Waals surface area (Å²) in [6, 6.07) is 0. The molecule has 0 spiro atoms. The standard InChI is InChI=1S/C17H19N5O3S/c1-10-8-26-17(20-10)22-5-3-4-21(6-7-22)16(24)12-11(2)25-15-13(12)14(23)18-9-19-15/h8-9H,3-7H2,1-2H3,(H,18,19,23). The topological polar surface area (TPSA) is 95.3 Å². The molecule has 0 atom stereocenters. The number of carbonyl (C=O) groups is 1. The van der Waals surface area contributed by atoms with Crippen molar-refractivity contribution in [3.8, 4) is 0 Å². The van der Waals surface area contributed by atoms with Crippen LogP contribution in [0.25, 0.3) is 11.1 Å². The number of aryl methyl sites for hydroxylation is 2. The summed E-state index contributed by atoms with van der Waals surface area (Å²) in [5, 5.41) is 3.25. The van der Waals surface area contributed by atoms with Gasteiger partial charge in [0.25, 0.3) is 11.5 Å². The minimum Gasteiger partial charge on any atom is -0.442 e. The Morgan fingerprint density at radius 2 is 2.12 bits per heavy atom. The average molecular weight is 373 g/mol. The summed E-state index contributed by atoms with van der Waals surface area (Å²) >= 11 is 1.62. The zero-order valence-corrected chi connectivity index (χ0v) is 15.4. The van der Waals surface area contributed by atoms with E-state index in [9.17, 15) is 9.59 Å². The van der Waals surface area contributed by atoms with Gasteiger partial charge in [-0.3, -0.25) is 9.59 Å². The largest absolute Gasteiger partial charge is 0.442 e. The van der Waals surface area contributed by atoms with E-state index in [0.29, 0.717) is 31.0 Å². The number of rotatable bonds is 2. The minimum absolute atomic E-state index is 0.183. The summed E-state index contributed by atoms with van der Waals surface area (Å²) in [5.41, 5.74) is 1.16. The molecule has 0 aromatic carbocycles. The molecule has 4 heterocycles. The average Bonchev–Trinajstić information content (AvgIpc) is 3.09. The number of aromatic amines is 1. The van der Waals surface area contributed by atoms with Crippen LogP contribution in [-0.4, -0.2) is 51.9 Å². The van der Waals surface area contributed by atoms with Gasteiger partial charge in [0.1, 0.15) is 11.1 Å². The molecule has 1 N–H and O–H groups in total. The number of hydrogen-bond donors (Lipinski definition) is 1. The molecule has 0 unspecified atom stereocenters. The summed E-state index contributed by atoms with van der Waals surface area (Å²) in [6.07, 6.45) is 2.12. The van der Waals surface area contributed by atoms with Gasteiger partial charge in [-0.1, -0.05) is 0 Å². The lowest BCUT2D eigenvalue weighted by atomic mass is 10.1. The fourth-order valence-electron chi connectivity index (χ4n) is 3.27. The van der Waals surface area contributed by atoms with E-state index in [0.717, 1.165) is 23.8 Å². The number of furan rings is 1. The number of amides is 1. The predicted octanol–water partition coefficient (Wildman–Crippen LogP) is 1.94. The number of carbonyl (C=O) groups excluding carboxylic acids is 1. The highest BCUT2D eigenvalue weighted by molar-refractivity contribution is 7.13. The molecule has 3 aromatic rings. The van der Waals surface area contributed by atoms with E-state index in [1.54, 1.807) is 23.2 Å². The first-order valence-electron chi connectivity index (χ1n) is 8.47. The Balaban J connectivity index is 1.60. The van der Waals surface area contributed by atoms with E-state index in [4.69, 9.17) is 4.42 Å². The SMILES string of the molecule is Cc1csc(N2CCCN(C(=O)c3c(C)oc4nc[nH]c(=O)c34)CC2)n1. The summed E-state index contributed by atoms with van der Waals surface area (Å²) in [4.78, 5) is 40.3. The Bertz CT molecular complexity index is 1020. The van der Waals surface area contributed by atoms with Gasteiger partial charge in [0.15, 0.2) is 5.13 Å². The highest BCUT2D eigenvalue weighted by Crippen LogP contribution is 2.24. The summed E-state index contributed by atoms with van der Waals surface area (Å²) < 4.78 is 5.52. The van der Waals surface area contributed by atoms with Gasteiger partial charge < -0.3 is 19.2 Å². The van der Waals surface area contributed by atoms with Crippen molar-refractivity contribution in [1.29, 1.82) is 0 Å². The van der Waals surface area contributed by atoms with Gasteiger partial charge in [0, 0.05) is 31.6 Å². The van der Waals surface area contributed by atoms with Crippen molar-refractivity contribution in [2.75, 3.05) is 31.1 Å². The van der Waals surface area contributed by atoms with Crippen molar-refractivity contribution < 1.29 is 9.21 Å². The van der Waals surface area contributed by atoms with Crippen LogP contribution < -0.4 is 10.5 Å². The maximum absolute atomic E-state index is 13.1. The van der Waals surface area contributed by atoms with Crippen molar-refractivity contribution in [2.45, 2.75) is 20.3 Å². The predicted molar refractivity (Wildman–Crippen MR) is 99.0 cm³/mol. The van der Waals surface area contributed by atoms with E-state index in [1.165, 1.54) is 6.33 Å². The molecular weight excluding hydrogens is 354 g/mol. The van der Waals surface area contributed by atoms with Gasteiger partial charge in [-0.25, -0.2) is 9.97 Å². The molecule has 0 saturated carbocycles. The first-order chi connectivity index (χ1) is 12.5. The Labute approximate surface area is 153 Å². The van der Waals surface area contributed by atoms with Crippen LogP contribution >= 0.6 is 11.3 Å². The van der Waals surface area contributed by atoms with Crippen molar-refractivity contribution in [3.63, 3.8) is 0 Å². The molecule has 1 aliphatic rings. The highest BCUT2D eigenvalue weighted by Gasteiger charge is 2.27. The van der Waals surface area contributed by atoms with Crippen LogP contribution in [0.4, 0.5) is 5.13 Å². The maximum Gasteiger partial charge on any atom is 0.262 e. The smallest absolute Gasteiger partial charge is 0.262 e. The fraction of sp³-hybridized carbons (Fsp3) is 0.412. The molecule has 26 heavy (non-hydrogen) atoms. The van der Waals surface area contributed by atoms with Crippen LogP contribution in [0.3, 0.4) is 0 Å². The van der Waals surface area contributed by atoms with Crippen LogP contribution in [0.5, 0.6) is 0 Å². The Hall–Kier alpha value is -2.68. The Morgan fingerprint density at radius 1 is 1.27 bits per heavy atom. The molecule has 1 fully saturated rings.